The van der Waals surface area contributed by atoms with Crippen LogP contribution >= 0.6 is 0 Å². The third-order valence-corrected chi connectivity index (χ3v) is 4.75. The molecule has 2 aliphatic rings. The highest BCUT2D eigenvalue weighted by Crippen LogP contribution is 2.17. The standard InChI is InChI=1S/C16H32N4O2/c1-17-16(18-11-15-5-4-7-19(15)2)20-8-6-14(12-20)13-22-10-9-21-3/h14-15H,4-13H2,1-3H3,(H,17,18). The molecule has 2 aliphatic heterocycles. The third-order valence-electron chi connectivity index (χ3n) is 4.75. The lowest BCUT2D eigenvalue weighted by Crippen LogP contribution is -2.45. The molecule has 0 radical (unpaired) electrons. The fourth-order valence-electron chi connectivity index (χ4n) is 3.33. The molecule has 0 amide bonds. The van der Waals surface area contributed by atoms with E-state index in [1.54, 1.807) is 7.11 Å². The number of nitrogens with zero attached hydrogens (tertiary/aromatic N) is 3. The molecule has 0 bridgehead atoms. The van der Waals surface area contributed by atoms with Gasteiger partial charge in [0, 0.05) is 45.8 Å². The average Bonchev–Trinajstić information content (AvgIpc) is 3.14. The van der Waals surface area contributed by atoms with Gasteiger partial charge in [-0.25, -0.2) is 0 Å². The Morgan fingerprint density at radius 3 is 2.82 bits per heavy atom. The van der Waals surface area contributed by atoms with Crippen LogP contribution in [0, 0.1) is 5.92 Å². The average molecular weight is 312 g/mol. The molecule has 2 unspecified atom stereocenters. The van der Waals surface area contributed by atoms with Crippen molar-refractivity contribution in [1.82, 2.24) is 15.1 Å². The van der Waals surface area contributed by atoms with E-state index >= 15 is 0 Å². The minimum atomic E-state index is 0.601. The summed E-state index contributed by atoms with van der Waals surface area (Å²) in [7, 11) is 5.80. The van der Waals surface area contributed by atoms with Gasteiger partial charge in [0.1, 0.15) is 0 Å². The van der Waals surface area contributed by atoms with Gasteiger partial charge >= 0.3 is 0 Å². The lowest BCUT2D eigenvalue weighted by atomic mass is 10.1. The zero-order valence-electron chi connectivity index (χ0n) is 14.4. The number of nitrogens with one attached hydrogen (secondary N) is 1. The van der Waals surface area contributed by atoms with Crippen LogP contribution in [-0.2, 0) is 9.47 Å². The number of methoxy groups -OCH3 is 1. The van der Waals surface area contributed by atoms with E-state index < -0.39 is 0 Å². The molecule has 0 aromatic heterocycles. The van der Waals surface area contributed by atoms with Crippen LogP contribution in [0.5, 0.6) is 0 Å². The lowest BCUT2D eigenvalue weighted by molar-refractivity contribution is 0.0536. The van der Waals surface area contributed by atoms with Crippen LogP contribution in [0.15, 0.2) is 4.99 Å². The summed E-state index contributed by atoms with van der Waals surface area (Å²) < 4.78 is 10.7. The summed E-state index contributed by atoms with van der Waals surface area (Å²) in [6.07, 6.45) is 3.78. The molecule has 2 rings (SSSR count). The van der Waals surface area contributed by atoms with Gasteiger partial charge in [0.15, 0.2) is 5.96 Å². The second-order valence-electron chi connectivity index (χ2n) is 6.37. The van der Waals surface area contributed by atoms with E-state index in [9.17, 15) is 0 Å². The Balaban J connectivity index is 1.68. The van der Waals surface area contributed by atoms with Gasteiger partial charge in [-0.2, -0.15) is 0 Å². The Morgan fingerprint density at radius 1 is 1.27 bits per heavy atom. The quantitative estimate of drug-likeness (QED) is 0.425. The molecule has 2 saturated heterocycles. The van der Waals surface area contributed by atoms with Crippen LogP contribution in [0.2, 0.25) is 0 Å². The van der Waals surface area contributed by atoms with Crippen LogP contribution < -0.4 is 5.32 Å². The SMILES string of the molecule is CN=C(NCC1CCCN1C)N1CCC(COCCOC)C1. The van der Waals surface area contributed by atoms with Gasteiger partial charge in [-0.3, -0.25) is 4.99 Å². The van der Waals surface area contributed by atoms with E-state index in [2.05, 4.69) is 27.2 Å². The molecular weight excluding hydrogens is 280 g/mol. The second-order valence-corrected chi connectivity index (χ2v) is 6.37. The summed E-state index contributed by atoms with van der Waals surface area (Å²) in [5.74, 6) is 1.64. The molecule has 2 heterocycles. The molecule has 0 spiro atoms. The molecule has 2 atom stereocenters. The van der Waals surface area contributed by atoms with Gasteiger partial charge in [-0.05, 0) is 32.9 Å². The molecular formula is C16H32N4O2. The van der Waals surface area contributed by atoms with Gasteiger partial charge in [-0.1, -0.05) is 0 Å². The number of aliphatic imine (C=N–C) groups is 1. The zero-order chi connectivity index (χ0) is 15.8. The molecule has 6 heteroatoms. The molecule has 0 saturated carbocycles. The fraction of sp³-hybridized carbons (Fsp3) is 0.938. The third kappa shape index (κ3) is 5.11. The summed E-state index contributed by atoms with van der Waals surface area (Å²) >= 11 is 0. The maximum Gasteiger partial charge on any atom is 0.193 e. The normalized spacial score (nSPS) is 26.9. The van der Waals surface area contributed by atoms with Crippen molar-refractivity contribution >= 4 is 5.96 Å². The van der Waals surface area contributed by atoms with Crippen LogP contribution in [0.1, 0.15) is 19.3 Å². The molecule has 2 fully saturated rings. The van der Waals surface area contributed by atoms with Crippen molar-refractivity contribution in [2.45, 2.75) is 25.3 Å². The Kier molecular flexibility index (Phi) is 7.42. The largest absolute Gasteiger partial charge is 0.382 e. The van der Waals surface area contributed by atoms with Gasteiger partial charge in [0.25, 0.3) is 0 Å². The number of likely N-dealkylation sites (N-methyl/N-ethyl adjacent to an activating group) is 1. The molecule has 0 aliphatic carbocycles. The maximum absolute atomic E-state index is 5.66. The van der Waals surface area contributed by atoms with E-state index in [-0.39, 0.29) is 0 Å². The summed E-state index contributed by atoms with van der Waals surface area (Å²) in [6.45, 7) is 6.50. The first-order chi connectivity index (χ1) is 10.7. The van der Waals surface area contributed by atoms with Crippen molar-refractivity contribution < 1.29 is 9.47 Å². The van der Waals surface area contributed by atoms with E-state index in [1.165, 1.54) is 25.8 Å². The van der Waals surface area contributed by atoms with E-state index in [1.807, 2.05) is 7.05 Å². The predicted octanol–water partition coefficient (Wildman–Crippen LogP) is 0.641. The van der Waals surface area contributed by atoms with Crippen molar-refractivity contribution in [3.63, 3.8) is 0 Å². The number of hydrogen-bond donors (Lipinski definition) is 1. The van der Waals surface area contributed by atoms with Crippen molar-refractivity contribution in [1.29, 1.82) is 0 Å². The molecule has 0 aromatic carbocycles. The van der Waals surface area contributed by atoms with Crippen LogP contribution in [-0.4, -0.2) is 89.0 Å². The van der Waals surface area contributed by atoms with Crippen LogP contribution in [0.25, 0.3) is 0 Å². The molecule has 128 valence electrons. The van der Waals surface area contributed by atoms with Crippen LogP contribution in [0.4, 0.5) is 0 Å². The maximum atomic E-state index is 5.66. The summed E-state index contributed by atoms with van der Waals surface area (Å²) in [5.41, 5.74) is 0. The minimum Gasteiger partial charge on any atom is -0.382 e. The topological polar surface area (TPSA) is 49.3 Å². The molecule has 6 nitrogen and oxygen atoms in total. The number of rotatable bonds is 7. The highest BCUT2D eigenvalue weighted by Gasteiger charge is 2.26. The van der Waals surface area contributed by atoms with Crippen molar-refractivity contribution in [3.8, 4) is 0 Å². The minimum absolute atomic E-state index is 0.601. The van der Waals surface area contributed by atoms with E-state index in [0.29, 0.717) is 25.2 Å². The zero-order valence-corrected chi connectivity index (χ0v) is 14.4. The lowest BCUT2D eigenvalue weighted by Gasteiger charge is -2.25. The Hall–Kier alpha value is -0.850. The van der Waals surface area contributed by atoms with Crippen LogP contribution in [0.3, 0.4) is 0 Å². The highest BCUT2D eigenvalue weighted by atomic mass is 16.5. The van der Waals surface area contributed by atoms with Crippen molar-refractivity contribution in [2.75, 3.05) is 67.2 Å². The van der Waals surface area contributed by atoms with Gasteiger partial charge in [0.05, 0.1) is 19.8 Å². The van der Waals surface area contributed by atoms with E-state index in [0.717, 1.165) is 32.2 Å². The van der Waals surface area contributed by atoms with E-state index in [4.69, 9.17) is 9.47 Å². The summed E-state index contributed by atoms with van der Waals surface area (Å²) in [4.78, 5) is 9.25. The Morgan fingerprint density at radius 2 is 2.14 bits per heavy atom. The van der Waals surface area contributed by atoms with Gasteiger partial charge < -0.3 is 24.6 Å². The Labute approximate surface area is 134 Å². The summed E-state index contributed by atoms with van der Waals surface area (Å²) in [5, 5.41) is 3.55. The first kappa shape index (κ1) is 17.5. The number of guanidine groups is 1. The van der Waals surface area contributed by atoms with Gasteiger partial charge in [-0.15, -0.1) is 0 Å². The Bertz CT molecular complexity index is 351. The first-order valence-corrected chi connectivity index (χ1v) is 8.47. The molecule has 1 N–H and O–H groups in total. The smallest absolute Gasteiger partial charge is 0.193 e. The number of ether oxygens (including phenoxy) is 2. The second kappa shape index (κ2) is 9.33. The van der Waals surface area contributed by atoms with Gasteiger partial charge in [0.2, 0.25) is 0 Å². The highest BCUT2D eigenvalue weighted by molar-refractivity contribution is 5.80. The first-order valence-electron chi connectivity index (χ1n) is 8.47. The summed E-state index contributed by atoms with van der Waals surface area (Å²) in [6, 6.07) is 0.646. The monoisotopic (exact) mass is 312 g/mol. The number of likely N-dealkylation sites (tertiary alicyclic amines) is 2. The van der Waals surface area contributed by atoms with Crippen molar-refractivity contribution in [3.05, 3.63) is 0 Å². The fourth-order valence-corrected chi connectivity index (χ4v) is 3.33. The predicted molar refractivity (Wildman–Crippen MR) is 89.4 cm³/mol. The molecule has 22 heavy (non-hydrogen) atoms. The van der Waals surface area contributed by atoms with Crippen molar-refractivity contribution in [2.24, 2.45) is 10.9 Å². The molecule has 0 aromatic rings. The number of hydrogen-bond acceptors (Lipinski definition) is 4.